The normalized spacial score (nSPS) is 16.0. The van der Waals surface area contributed by atoms with Crippen LogP contribution in [0.15, 0.2) is 73.1 Å². The molecule has 2 amide bonds. The molecule has 0 bridgehead atoms. The summed E-state index contributed by atoms with van der Waals surface area (Å²) in [4.78, 5) is 19.1. The molecule has 0 radical (unpaired) electrons. The van der Waals surface area contributed by atoms with Crippen LogP contribution in [0.3, 0.4) is 0 Å². The molecule has 0 fully saturated rings. The zero-order valence-electron chi connectivity index (χ0n) is 14.1. The number of hydrogen-bond donors (Lipinski definition) is 1. The summed E-state index contributed by atoms with van der Waals surface area (Å²) in [5.74, 6) is 0. The maximum absolute atomic E-state index is 13.0. The van der Waals surface area contributed by atoms with Crippen LogP contribution in [0.2, 0.25) is 5.02 Å². The molecule has 2 aromatic carbocycles. The topological polar surface area (TPSA) is 45.2 Å². The first-order valence-electron chi connectivity index (χ1n) is 8.53. The van der Waals surface area contributed by atoms with E-state index in [0.717, 1.165) is 17.5 Å². The van der Waals surface area contributed by atoms with E-state index in [9.17, 15) is 4.79 Å². The summed E-state index contributed by atoms with van der Waals surface area (Å²) >= 11 is 6.03. The number of aromatic nitrogens is 1. The second-order valence-electron chi connectivity index (χ2n) is 6.27. The highest BCUT2D eigenvalue weighted by atomic mass is 35.5. The van der Waals surface area contributed by atoms with Gasteiger partial charge in [0.15, 0.2) is 0 Å². The highest BCUT2D eigenvalue weighted by Crippen LogP contribution is 2.35. The summed E-state index contributed by atoms with van der Waals surface area (Å²) in [7, 11) is 0. The number of halogens is 1. The lowest BCUT2D eigenvalue weighted by Gasteiger charge is -2.37. The Bertz CT molecular complexity index is 929. The lowest BCUT2D eigenvalue weighted by Crippen LogP contribution is -2.43. The van der Waals surface area contributed by atoms with Crippen LogP contribution in [-0.2, 0) is 6.42 Å². The van der Waals surface area contributed by atoms with Crippen molar-refractivity contribution in [3.8, 4) is 0 Å². The van der Waals surface area contributed by atoms with E-state index in [2.05, 4.69) is 22.4 Å². The van der Waals surface area contributed by atoms with Crippen molar-refractivity contribution in [1.29, 1.82) is 0 Å². The SMILES string of the molecule is O=C(Nc1cccc(Cl)c1)N1CCc2ccccc2C1c1cccnc1. The number of rotatable bonds is 2. The summed E-state index contributed by atoms with van der Waals surface area (Å²) in [6, 6.07) is 19.1. The molecule has 1 unspecified atom stereocenters. The average molecular weight is 364 g/mol. The van der Waals surface area contributed by atoms with E-state index in [1.807, 2.05) is 47.5 Å². The van der Waals surface area contributed by atoms with Crippen LogP contribution in [0, 0.1) is 0 Å². The maximum atomic E-state index is 13.0. The Balaban J connectivity index is 1.69. The van der Waals surface area contributed by atoms with E-state index in [1.54, 1.807) is 18.3 Å². The van der Waals surface area contributed by atoms with E-state index in [-0.39, 0.29) is 12.1 Å². The summed E-state index contributed by atoms with van der Waals surface area (Å²) in [6.45, 7) is 0.642. The Hall–Kier alpha value is -2.85. The number of carbonyl (C=O) groups excluding carboxylic acids is 1. The Morgan fingerprint density at radius 1 is 1.12 bits per heavy atom. The summed E-state index contributed by atoms with van der Waals surface area (Å²) in [5.41, 5.74) is 4.10. The fourth-order valence-electron chi connectivity index (χ4n) is 3.44. The van der Waals surface area contributed by atoms with Gasteiger partial charge >= 0.3 is 6.03 Å². The minimum Gasteiger partial charge on any atom is -0.313 e. The van der Waals surface area contributed by atoms with Gasteiger partial charge in [0.25, 0.3) is 0 Å². The van der Waals surface area contributed by atoms with E-state index in [4.69, 9.17) is 11.6 Å². The van der Waals surface area contributed by atoms with Gasteiger partial charge in [-0.1, -0.05) is 48.0 Å². The van der Waals surface area contributed by atoms with E-state index < -0.39 is 0 Å². The fourth-order valence-corrected chi connectivity index (χ4v) is 3.63. The molecule has 4 nitrogen and oxygen atoms in total. The minimum atomic E-state index is -0.159. The molecular formula is C21H18ClN3O. The molecule has 2 heterocycles. The van der Waals surface area contributed by atoms with Crippen molar-refractivity contribution in [2.45, 2.75) is 12.5 Å². The predicted molar refractivity (Wildman–Crippen MR) is 103 cm³/mol. The number of amides is 2. The highest BCUT2D eigenvalue weighted by Gasteiger charge is 2.32. The molecule has 0 spiro atoms. The number of pyridine rings is 1. The number of carbonyl (C=O) groups is 1. The first-order valence-corrected chi connectivity index (χ1v) is 8.91. The zero-order valence-corrected chi connectivity index (χ0v) is 14.9. The lowest BCUT2D eigenvalue weighted by molar-refractivity contribution is 0.194. The quantitative estimate of drug-likeness (QED) is 0.702. The van der Waals surface area contributed by atoms with Gasteiger partial charge in [-0.15, -0.1) is 0 Å². The third kappa shape index (κ3) is 3.28. The molecule has 1 aromatic heterocycles. The van der Waals surface area contributed by atoms with Gasteiger partial charge in [0.2, 0.25) is 0 Å². The second kappa shape index (κ2) is 7.18. The van der Waals surface area contributed by atoms with E-state index >= 15 is 0 Å². The maximum Gasteiger partial charge on any atom is 0.322 e. The monoisotopic (exact) mass is 363 g/mol. The highest BCUT2D eigenvalue weighted by molar-refractivity contribution is 6.30. The van der Waals surface area contributed by atoms with Crippen molar-refractivity contribution in [3.05, 3.63) is 94.8 Å². The standard InChI is InChI=1S/C21H18ClN3O/c22-17-7-3-8-18(13-17)24-21(26)25-12-10-15-5-1-2-9-19(15)20(25)16-6-4-11-23-14-16/h1-9,11,13-14,20H,10,12H2,(H,24,26). The summed E-state index contributed by atoms with van der Waals surface area (Å²) in [6.07, 6.45) is 4.40. The van der Waals surface area contributed by atoms with Crippen molar-refractivity contribution in [3.63, 3.8) is 0 Å². The van der Waals surface area contributed by atoms with Crippen molar-refractivity contribution >= 4 is 23.3 Å². The summed E-state index contributed by atoms with van der Waals surface area (Å²) in [5, 5.41) is 3.56. The number of urea groups is 1. The minimum absolute atomic E-state index is 0.143. The van der Waals surface area contributed by atoms with Crippen LogP contribution in [0.25, 0.3) is 0 Å². The number of nitrogens with one attached hydrogen (secondary N) is 1. The van der Waals surface area contributed by atoms with Crippen molar-refractivity contribution in [2.75, 3.05) is 11.9 Å². The van der Waals surface area contributed by atoms with Crippen LogP contribution in [0.5, 0.6) is 0 Å². The molecular weight excluding hydrogens is 346 g/mol. The number of anilines is 1. The third-order valence-corrected chi connectivity index (χ3v) is 4.86. The second-order valence-corrected chi connectivity index (χ2v) is 6.71. The van der Waals surface area contributed by atoms with Gasteiger partial charge in [-0.2, -0.15) is 0 Å². The Morgan fingerprint density at radius 2 is 2.00 bits per heavy atom. The fraction of sp³-hybridized carbons (Fsp3) is 0.143. The Kier molecular flexibility index (Phi) is 4.59. The van der Waals surface area contributed by atoms with Gasteiger partial charge in [0.1, 0.15) is 0 Å². The average Bonchev–Trinajstić information content (AvgIpc) is 2.67. The van der Waals surface area contributed by atoms with Crippen molar-refractivity contribution < 1.29 is 4.79 Å². The van der Waals surface area contributed by atoms with Gasteiger partial charge < -0.3 is 10.2 Å². The van der Waals surface area contributed by atoms with E-state index in [1.165, 1.54) is 5.56 Å². The number of nitrogens with zero attached hydrogens (tertiary/aromatic N) is 2. The van der Waals surface area contributed by atoms with Crippen LogP contribution < -0.4 is 5.32 Å². The third-order valence-electron chi connectivity index (χ3n) is 4.62. The largest absolute Gasteiger partial charge is 0.322 e. The molecule has 1 atom stereocenters. The number of hydrogen-bond acceptors (Lipinski definition) is 2. The summed E-state index contributed by atoms with van der Waals surface area (Å²) < 4.78 is 0. The first kappa shape index (κ1) is 16.6. The van der Waals surface area contributed by atoms with Gasteiger partial charge in [0.05, 0.1) is 6.04 Å². The van der Waals surface area contributed by atoms with Crippen molar-refractivity contribution in [2.24, 2.45) is 0 Å². The molecule has 1 aliphatic rings. The van der Waals surface area contributed by atoms with Crippen LogP contribution >= 0.6 is 11.6 Å². The first-order chi connectivity index (χ1) is 12.7. The molecule has 1 N–H and O–H groups in total. The van der Waals surface area contributed by atoms with Crippen LogP contribution in [0.1, 0.15) is 22.7 Å². The molecule has 0 saturated carbocycles. The molecule has 1 aliphatic heterocycles. The number of benzene rings is 2. The molecule has 5 heteroatoms. The molecule has 26 heavy (non-hydrogen) atoms. The molecule has 0 saturated heterocycles. The molecule has 4 rings (SSSR count). The molecule has 0 aliphatic carbocycles. The van der Waals surface area contributed by atoms with Gasteiger partial charge in [0, 0.05) is 29.6 Å². The van der Waals surface area contributed by atoms with Gasteiger partial charge in [-0.3, -0.25) is 4.98 Å². The zero-order chi connectivity index (χ0) is 17.9. The van der Waals surface area contributed by atoms with Gasteiger partial charge in [-0.05, 0) is 47.4 Å². The predicted octanol–water partition coefficient (Wildman–Crippen LogP) is 4.91. The van der Waals surface area contributed by atoms with Crippen LogP contribution in [0.4, 0.5) is 10.5 Å². The van der Waals surface area contributed by atoms with Crippen LogP contribution in [-0.4, -0.2) is 22.5 Å². The Morgan fingerprint density at radius 3 is 2.81 bits per heavy atom. The molecule has 3 aromatic rings. The lowest BCUT2D eigenvalue weighted by atomic mass is 9.89. The molecule has 130 valence electrons. The van der Waals surface area contributed by atoms with Gasteiger partial charge in [-0.25, -0.2) is 4.79 Å². The Labute approximate surface area is 157 Å². The smallest absolute Gasteiger partial charge is 0.313 e. The number of fused-ring (bicyclic) bond motifs is 1. The van der Waals surface area contributed by atoms with Crippen molar-refractivity contribution in [1.82, 2.24) is 9.88 Å². The van der Waals surface area contributed by atoms with E-state index in [0.29, 0.717) is 17.3 Å².